The number of hydrogen-bond donors (Lipinski definition) is 1. The number of nitrogens with zero attached hydrogens (tertiary/aromatic N) is 3. The molecule has 1 N–H and O–H groups in total. The number of hydrogen-bond acceptors (Lipinski definition) is 2. The highest BCUT2D eigenvalue weighted by Crippen LogP contribution is 1.88. The Hall–Kier alpha value is -0.900. The van der Waals surface area contributed by atoms with Crippen molar-refractivity contribution >= 4 is 0 Å². The average molecular weight is 128 g/mol. The van der Waals surface area contributed by atoms with Gasteiger partial charge in [0.25, 0.3) is 0 Å². The lowest BCUT2D eigenvalue weighted by molar-refractivity contribution is -0.732. The molecule has 1 aromatic rings. The van der Waals surface area contributed by atoms with Crippen LogP contribution in [0.2, 0.25) is 0 Å². The van der Waals surface area contributed by atoms with Crippen molar-refractivity contribution in [1.82, 2.24) is 9.90 Å². The molecule has 1 aromatic heterocycles. The number of aryl methyl sites for hydroxylation is 2. The Balaban J connectivity index is 3.01. The Labute approximate surface area is 53.3 Å². The van der Waals surface area contributed by atoms with Gasteiger partial charge in [-0.1, -0.05) is 0 Å². The molecular weight excluding hydrogens is 118 g/mol. The highest BCUT2D eigenvalue weighted by atomic mass is 16.3. The maximum Gasteiger partial charge on any atom is 0.192 e. The predicted molar refractivity (Wildman–Crippen MR) is 30.3 cm³/mol. The van der Waals surface area contributed by atoms with Crippen molar-refractivity contribution in [1.29, 1.82) is 0 Å². The first-order valence-corrected chi connectivity index (χ1v) is 2.73. The minimum absolute atomic E-state index is 0.0460. The first kappa shape index (κ1) is 6.22. The van der Waals surface area contributed by atoms with E-state index in [0.717, 1.165) is 5.69 Å². The quantitative estimate of drug-likeness (QED) is 0.479. The summed E-state index contributed by atoms with van der Waals surface area (Å²) in [4.78, 5) is 0. The van der Waals surface area contributed by atoms with Crippen molar-refractivity contribution in [2.45, 2.75) is 6.61 Å². The maximum atomic E-state index is 8.66. The minimum Gasteiger partial charge on any atom is -0.388 e. The lowest BCUT2D eigenvalue weighted by Crippen LogP contribution is -2.29. The van der Waals surface area contributed by atoms with Crippen molar-refractivity contribution < 1.29 is 9.79 Å². The third-order valence-electron chi connectivity index (χ3n) is 1.19. The molecule has 4 heteroatoms. The van der Waals surface area contributed by atoms with Crippen LogP contribution >= 0.6 is 0 Å². The fraction of sp³-hybridized carbons (Fsp3) is 0.600. The fourth-order valence-electron chi connectivity index (χ4n) is 0.737. The summed E-state index contributed by atoms with van der Waals surface area (Å²) < 4.78 is 3.30. The molecule has 0 radical (unpaired) electrons. The molecule has 1 rings (SSSR count). The summed E-state index contributed by atoms with van der Waals surface area (Å²) in [6.07, 6.45) is 1.78. The van der Waals surface area contributed by atoms with Crippen LogP contribution in [0.15, 0.2) is 6.20 Å². The van der Waals surface area contributed by atoms with Gasteiger partial charge >= 0.3 is 0 Å². The highest BCUT2D eigenvalue weighted by molar-refractivity contribution is 4.85. The summed E-state index contributed by atoms with van der Waals surface area (Å²) in [6, 6.07) is 0. The summed E-state index contributed by atoms with van der Waals surface area (Å²) >= 11 is 0. The van der Waals surface area contributed by atoms with Crippen LogP contribution in [-0.2, 0) is 20.7 Å². The number of aliphatic hydroxyl groups excluding tert-OH is 1. The van der Waals surface area contributed by atoms with Crippen LogP contribution in [0.25, 0.3) is 0 Å². The van der Waals surface area contributed by atoms with Gasteiger partial charge in [0.1, 0.15) is 20.7 Å². The fourth-order valence-corrected chi connectivity index (χ4v) is 0.737. The molecule has 4 nitrogen and oxygen atoms in total. The second-order valence-electron chi connectivity index (χ2n) is 1.97. The molecular formula is C5H10N3O+. The molecule has 0 amide bonds. The molecule has 0 aliphatic rings. The standard InChI is InChI=1S/C5H10N3O/c1-7-3-5(4-9)8(2)6-7/h3,9H,4H2,1-2H3/q+1. The monoisotopic (exact) mass is 128 g/mol. The second kappa shape index (κ2) is 2.14. The third-order valence-corrected chi connectivity index (χ3v) is 1.19. The summed E-state index contributed by atoms with van der Waals surface area (Å²) in [5.41, 5.74) is 0.817. The zero-order chi connectivity index (χ0) is 6.85. The van der Waals surface area contributed by atoms with Gasteiger partial charge in [0.2, 0.25) is 0 Å². The Morgan fingerprint density at radius 2 is 2.56 bits per heavy atom. The van der Waals surface area contributed by atoms with Gasteiger partial charge in [-0.2, -0.15) is 0 Å². The first-order valence-electron chi connectivity index (χ1n) is 2.73. The molecule has 0 saturated heterocycles. The van der Waals surface area contributed by atoms with Crippen LogP contribution in [0.3, 0.4) is 0 Å². The van der Waals surface area contributed by atoms with Gasteiger partial charge in [-0.3, -0.25) is 0 Å². The van der Waals surface area contributed by atoms with Gasteiger partial charge in [0.05, 0.1) is 5.21 Å². The van der Waals surface area contributed by atoms with E-state index in [1.54, 1.807) is 22.6 Å². The van der Waals surface area contributed by atoms with Gasteiger partial charge in [0, 0.05) is 0 Å². The first-order chi connectivity index (χ1) is 4.24. The molecule has 0 spiro atoms. The van der Waals surface area contributed by atoms with E-state index in [9.17, 15) is 0 Å². The largest absolute Gasteiger partial charge is 0.388 e. The number of rotatable bonds is 1. The van der Waals surface area contributed by atoms with Crippen molar-refractivity contribution in [3.63, 3.8) is 0 Å². The van der Waals surface area contributed by atoms with Crippen LogP contribution in [0.4, 0.5) is 0 Å². The minimum atomic E-state index is 0.0460. The van der Waals surface area contributed by atoms with Gasteiger partial charge in [-0.15, -0.1) is 9.36 Å². The molecule has 0 aliphatic carbocycles. The summed E-state index contributed by atoms with van der Waals surface area (Å²) in [6.45, 7) is 0.0460. The van der Waals surface area contributed by atoms with Crippen LogP contribution < -0.4 is 4.68 Å². The van der Waals surface area contributed by atoms with Crippen molar-refractivity contribution in [2.24, 2.45) is 14.1 Å². The van der Waals surface area contributed by atoms with Crippen LogP contribution in [0, 0.1) is 0 Å². The molecule has 0 atom stereocenters. The zero-order valence-corrected chi connectivity index (χ0v) is 5.57. The molecule has 50 valence electrons. The van der Waals surface area contributed by atoms with E-state index in [1.807, 2.05) is 7.05 Å². The second-order valence-corrected chi connectivity index (χ2v) is 1.97. The molecule has 1 heterocycles. The lowest BCUT2D eigenvalue weighted by atomic mass is 10.5. The molecule has 0 saturated carbocycles. The number of aromatic nitrogens is 3. The smallest absolute Gasteiger partial charge is 0.192 e. The molecule has 0 aliphatic heterocycles. The number of aliphatic hydroxyl groups is 1. The summed E-state index contributed by atoms with van der Waals surface area (Å²) in [5, 5.41) is 12.6. The predicted octanol–water partition coefficient (Wildman–Crippen LogP) is -1.26. The summed E-state index contributed by atoms with van der Waals surface area (Å²) in [7, 11) is 3.62. The van der Waals surface area contributed by atoms with Gasteiger partial charge in [-0.25, -0.2) is 0 Å². The van der Waals surface area contributed by atoms with E-state index in [2.05, 4.69) is 5.21 Å². The molecule has 0 aromatic carbocycles. The van der Waals surface area contributed by atoms with Crippen LogP contribution in [-0.4, -0.2) is 15.0 Å². The average Bonchev–Trinajstić information content (AvgIpc) is 2.10. The van der Waals surface area contributed by atoms with Crippen LogP contribution in [0.5, 0.6) is 0 Å². The lowest BCUT2D eigenvalue weighted by Gasteiger charge is -1.81. The highest BCUT2D eigenvalue weighted by Gasteiger charge is 2.05. The third kappa shape index (κ3) is 1.08. The van der Waals surface area contributed by atoms with E-state index in [1.165, 1.54) is 0 Å². The van der Waals surface area contributed by atoms with Gasteiger partial charge < -0.3 is 5.11 Å². The van der Waals surface area contributed by atoms with Crippen molar-refractivity contribution in [3.8, 4) is 0 Å². The SMILES string of the molecule is Cn1n[n+](C)cc1CO. The molecule has 0 bridgehead atoms. The van der Waals surface area contributed by atoms with Crippen molar-refractivity contribution in [2.75, 3.05) is 0 Å². The van der Waals surface area contributed by atoms with Gasteiger partial charge in [0.15, 0.2) is 11.9 Å². The van der Waals surface area contributed by atoms with Crippen LogP contribution in [0.1, 0.15) is 5.69 Å². The van der Waals surface area contributed by atoms with E-state index >= 15 is 0 Å². The topological polar surface area (TPSA) is 41.9 Å². The van der Waals surface area contributed by atoms with E-state index in [0.29, 0.717) is 0 Å². The zero-order valence-electron chi connectivity index (χ0n) is 5.57. The van der Waals surface area contributed by atoms with E-state index < -0.39 is 0 Å². The van der Waals surface area contributed by atoms with E-state index in [-0.39, 0.29) is 6.61 Å². The molecule has 0 unspecified atom stereocenters. The van der Waals surface area contributed by atoms with Gasteiger partial charge in [-0.05, 0) is 0 Å². The molecule has 0 fully saturated rings. The van der Waals surface area contributed by atoms with Crippen molar-refractivity contribution in [3.05, 3.63) is 11.9 Å². The Morgan fingerprint density at radius 3 is 2.78 bits per heavy atom. The normalized spacial score (nSPS) is 10.1. The maximum absolute atomic E-state index is 8.66. The Morgan fingerprint density at radius 1 is 1.89 bits per heavy atom. The Kier molecular flexibility index (Phi) is 1.48. The molecule has 9 heavy (non-hydrogen) atoms. The Bertz CT molecular complexity index is 206. The summed E-state index contributed by atoms with van der Waals surface area (Å²) in [5.74, 6) is 0. The van der Waals surface area contributed by atoms with E-state index in [4.69, 9.17) is 5.11 Å².